The van der Waals surface area contributed by atoms with Crippen molar-refractivity contribution in [3.8, 4) is 0 Å². The Morgan fingerprint density at radius 2 is 1.89 bits per heavy atom. The van der Waals surface area contributed by atoms with Gasteiger partial charge in [-0.05, 0) is 19.8 Å². The van der Waals surface area contributed by atoms with E-state index in [1.54, 1.807) is 13.8 Å². The van der Waals surface area contributed by atoms with E-state index >= 15 is 0 Å². The van der Waals surface area contributed by atoms with Crippen LogP contribution in [-0.2, 0) is 10.0 Å². The lowest BCUT2D eigenvalue weighted by molar-refractivity contribution is 0.0692. The van der Waals surface area contributed by atoms with E-state index in [1.165, 1.54) is 11.3 Å². The Morgan fingerprint density at radius 3 is 2.33 bits per heavy atom. The van der Waals surface area contributed by atoms with Gasteiger partial charge < -0.3 is 5.11 Å². The van der Waals surface area contributed by atoms with E-state index in [2.05, 4.69) is 4.72 Å². The maximum Gasteiger partial charge on any atom is 0.338 e. The summed E-state index contributed by atoms with van der Waals surface area (Å²) in [5.74, 6) is -1.05. The molecular formula is C11H17NO4S2. The average molecular weight is 291 g/mol. The molecule has 0 unspecified atom stereocenters. The second-order valence-electron chi connectivity index (χ2n) is 4.47. The Kier molecular flexibility index (Phi) is 4.52. The number of thiophene rings is 1. The van der Waals surface area contributed by atoms with E-state index < -0.39 is 16.0 Å². The minimum Gasteiger partial charge on any atom is -0.478 e. The summed E-state index contributed by atoms with van der Waals surface area (Å²) in [4.78, 5) is 12.1. The number of hydrogen-bond donors (Lipinski definition) is 2. The molecule has 1 aromatic heterocycles. The molecule has 2 N–H and O–H groups in total. The van der Waals surface area contributed by atoms with Crippen molar-refractivity contribution in [2.45, 2.75) is 32.6 Å². The van der Waals surface area contributed by atoms with Gasteiger partial charge in [0.15, 0.2) is 0 Å². The number of aromatic carboxylic acids is 1. The first-order chi connectivity index (χ1) is 8.16. The monoisotopic (exact) mass is 291 g/mol. The molecule has 0 radical (unpaired) electrons. The van der Waals surface area contributed by atoms with Crippen molar-refractivity contribution in [2.24, 2.45) is 5.92 Å². The molecule has 0 atom stereocenters. The van der Waals surface area contributed by atoms with Crippen LogP contribution in [0, 0.1) is 19.8 Å². The van der Waals surface area contributed by atoms with Gasteiger partial charge in [-0.3, -0.25) is 0 Å². The minimum atomic E-state index is -3.76. The third-order valence-electron chi connectivity index (χ3n) is 2.37. The van der Waals surface area contributed by atoms with Crippen LogP contribution in [0.5, 0.6) is 0 Å². The fourth-order valence-electron chi connectivity index (χ4n) is 1.58. The van der Waals surface area contributed by atoms with E-state index in [1.807, 2.05) is 13.8 Å². The minimum absolute atomic E-state index is 0.0989. The molecular weight excluding hydrogens is 274 g/mol. The SMILES string of the molecule is Cc1sc(C)c(S(=O)(=O)NCC(C)C)c1C(=O)O. The van der Waals surface area contributed by atoms with Gasteiger partial charge in [-0.2, -0.15) is 0 Å². The molecule has 0 saturated heterocycles. The maximum absolute atomic E-state index is 12.1. The van der Waals surface area contributed by atoms with Crippen molar-refractivity contribution >= 4 is 27.3 Å². The summed E-state index contributed by atoms with van der Waals surface area (Å²) < 4.78 is 26.7. The van der Waals surface area contributed by atoms with Crippen LogP contribution in [0.15, 0.2) is 4.90 Å². The van der Waals surface area contributed by atoms with Gasteiger partial charge in [-0.25, -0.2) is 17.9 Å². The van der Waals surface area contributed by atoms with Crippen LogP contribution in [0.4, 0.5) is 0 Å². The van der Waals surface area contributed by atoms with Crippen LogP contribution in [0.2, 0.25) is 0 Å². The molecule has 18 heavy (non-hydrogen) atoms. The van der Waals surface area contributed by atoms with E-state index in [-0.39, 0.29) is 22.9 Å². The molecule has 0 aromatic carbocycles. The Morgan fingerprint density at radius 1 is 1.33 bits per heavy atom. The highest BCUT2D eigenvalue weighted by Gasteiger charge is 2.28. The molecule has 0 bridgehead atoms. The lowest BCUT2D eigenvalue weighted by Crippen LogP contribution is -2.29. The lowest BCUT2D eigenvalue weighted by Gasteiger charge is -2.09. The zero-order valence-corrected chi connectivity index (χ0v) is 12.4. The summed E-state index contributed by atoms with van der Waals surface area (Å²) in [5, 5.41) is 9.12. The second kappa shape index (κ2) is 5.38. The number of hydrogen-bond acceptors (Lipinski definition) is 4. The smallest absolute Gasteiger partial charge is 0.338 e. The largest absolute Gasteiger partial charge is 0.478 e. The molecule has 0 saturated carbocycles. The predicted octanol–water partition coefficient (Wildman–Crippen LogP) is 2.00. The van der Waals surface area contributed by atoms with E-state index in [0.717, 1.165) is 0 Å². The standard InChI is InChI=1S/C11H17NO4S2/c1-6(2)5-12-18(15,16)10-8(4)17-7(3)9(10)11(13)14/h6,12H,5H2,1-4H3,(H,13,14). The summed E-state index contributed by atoms with van der Waals surface area (Å²) in [5.41, 5.74) is -0.117. The molecule has 5 nitrogen and oxygen atoms in total. The first-order valence-corrected chi connectivity index (χ1v) is 7.79. The summed E-state index contributed by atoms with van der Waals surface area (Å²) in [6, 6.07) is 0. The lowest BCUT2D eigenvalue weighted by atomic mass is 10.2. The van der Waals surface area contributed by atoms with Crippen LogP contribution in [0.25, 0.3) is 0 Å². The van der Waals surface area contributed by atoms with Gasteiger partial charge in [0.25, 0.3) is 0 Å². The van der Waals surface area contributed by atoms with Crippen molar-refractivity contribution in [1.29, 1.82) is 0 Å². The molecule has 7 heteroatoms. The quantitative estimate of drug-likeness (QED) is 0.869. The Hall–Kier alpha value is -0.920. The number of aryl methyl sites for hydroxylation is 2. The first-order valence-electron chi connectivity index (χ1n) is 5.49. The first kappa shape index (κ1) is 15.1. The van der Waals surface area contributed by atoms with Crippen molar-refractivity contribution in [2.75, 3.05) is 6.54 Å². The van der Waals surface area contributed by atoms with E-state index in [0.29, 0.717) is 9.75 Å². The summed E-state index contributed by atoms with van der Waals surface area (Å²) in [6.45, 7) is 7.28. The Bertz CT molecular complexity index is 558. The summed E-state index contributed by atoms with van der Waals surface area (Å²) in [6.07, 6.45) is 0. The number of nitrogens with one attached hydrogen (secondary N) is 1. The number of sulfonamides is 1. The number of carbonyl (C=O) groups is 1. The molecule has 102 valence electrons. The number of carboxylic acids is 1. The molecule has 0 spiro atoms. The van der Waals surface area contributed by atoms with Crippen molar-refractivity contribution in [3.05, 3.63) is 15.3 Å². The highest BCUT2D eigenvalue weighted by molar-refractivity contribution is 7.89. The van der Waals surface area contributed by atoms with E-state index in [4.69, 9.17) is 5.11 Å². The zero-order valence-electron chi connectivity index (χ0n) is 10.8. The van der Waals surface area contributed by atoms with Crippen molar-refractivity contribution in [3.63, 3.8) is 0 Å². The van der Waals surface area contributed by atoms with Gasteiger partial charge in [0, 0.05) is 16.3 Å². The molecule has 0 amide bonds. The van der Waals surface area contributed by atoms with Gasteiger partial charge in [-0.1, -0.05) is 13.8 Å². The Balaban J connectivity index is 3.28. The van der Waals surface area contributed by atoms with Gasteiger partial charge in [0.1, 0.15) is 4.90 Å². The molecule has 1 aromatic rings. The average Bonchev–Trinajstić information content (AvgIpc) is 2.51. The number of rotatable bonds is 5. The zero-order chi connectivity index (χ0) is 14.1. The number of carboxylic acid groups (broad SMARTS) is 1. The van der Waals surface area contributed by atoms with Crippen molar-refractivity contribution in [1.82, 2.24) is 4.72 Å². The molecule has 0 fully saturated rings. The third-order valence-corrected chi connectivity index (χ3v) is 5.11. The van der Waals surface area contributed by atoms with E-state index in [9.17, 15) is 13.2 Å². The van der Waals surface area contributed by atoms with Gasteiger partial charge >= 0.3 is 5.97 Å². The van der Waals surface area contributed by atoms with Gasteiger partial charge in [0.05, 0.1) is 5.56 Å². The summed E-state index contributed by atoms with van der Waals surface area (Å²) >= 11 is 1.19. The van der Waals surface area contributed by atoms with Gasteiger partial charge in [0.2, 0.25) is 10.0 Å². The van der Waals surface area contributed by atoms with Gasteiger partial charge in [-0.15, -0.1) is 11.3 Å². The fraction of sp³-hybridized carbons (Fsp3) is 0.545. The van der Waals surface area contributed by atoms with Crippen molar-refractivity contribution < 1.29 is 18.3 Å². The predicted molar refractivity (Wildman–Crippen MR) is 70.8 cm³/mol. The molecule has 0 aliphatic rings. The van der Waals surface area contributed by atoms with Crippen LogP contribution in [0.3, 0.4) is 0 Å². The maximum atomic E-state index is 12.1. The van der Waals surface area contributed by atoms with Crippen LogP contribution >= 0.6 is 11.3 Å². The fourth-order valence-corrected chi connectivity index (χ4v) is 4.63. The van der Waals surface area contributed by atoms with Crippen LogP contribution in [0.1, 0.15) is 34.0 Å². The molecule has 1 rings (SSSR count). The highest BCUT2D eigenvalue weighted by atomic mass is 32.2. The van der Waals surface area contributed by atoms with Crippen LogP contribution < -0.4 is 4.72 Å². The highest BCUT2D eigenvalue weighted by Crippen LogP contribution is 2.31. The van der Waals surface area contributed by atoms with Crippen LogP contribution in [-0.4, -0.2) is 26.0 Å². The Labute approximate surface area is 111 Å². The molecule has 0 aliphatic carbocycles. The second-order valence-corrected chi connectivity index (χ2v) is 7.60. The topological polar surface area (TPSA) is 83.5 Å². The third kappa shape index (κ3) is 3.09. The molecule has 0 aliphatic heterocycles. The normalized spacial score (nSPS) is 12.1. The molecule has 1 heterocycles. The summed E-state index contributed by atoms with van der Waals surface area (Å²) in [7, 11) is -3.76.